The Balaban J connectivity index is 2.26. The molecule has 2 N–H and O–H groups in total. The summed E-state index contributed by atoms with van der Waals surface area (Å²) in [4.78, 5) is 3.43. The van der Waals surface area contributed by atoms with E-state index in [4.69, 9.17) is 0 Å². The van der Waals surface area contributed by atoms with Crippen LogP contribution in [0.15, 0.2) is 22.7 Å². The zero-order chi connectivity index (χ0) is 12.4. The van der Waals surface area contributed by atoms with Gasteiger partial charge in [0.1, 0.15) is 0 Å². The maximum atomic E-state index is 3.53. The molecule has 0 amide bonds. The van der Waals surface area contributed by atoms with Crippen LogP contribution >= 0.6 is 15.9 Å². The first kappa shape index (κ1) is 12.7. The zero-order valence-corrected chi connectivity index (χ0v) is 12.2. The van der Waals surface area contributed by atoms with E-state index >= 15 is 0 Å². The van der Waals surface area contributed by atoms with E-state index in [-0.39, 0.29) is 0 Å². The second-order valence-corrected chi connectivity index (χ2v) is 5.86. The zero-order valence-electron chi connectivity index (χ0n) is 10.6. The third-order valence-electron chi connectivity index (χ3n) is 2.94. The van der Waals surface area contributed by atoms with Crippen molar-refractivity contribution in [1.82, 2.24) is 10.3 Å². The van der Waals surface area contributed by atoms with Gasteiger partial charge in [0, 0.05) is 27.6 Å². The van der Waals surface area contributed by atoms with E-state index in [0.29, 0.717) is 5.92 Å². The minimum absolute atomic E-state index is 0.687. The number of aryl methyl sites for hydroxylation is 1. The summed E-state index contributed by atoms with van der Waals surface area (Å²) in [6.45, 7) is 8.58. The molecular weight excluding hydrogens is 276 g/mol. The van der Waals surface area contributed by atoms with Gasteiger partial charge in [0.25, 0.3) is 0 Å². The molecule has 2 nitrogen and oxygen atoms in total. The molecule has 92 valence electrons. The van der Waals surface area contributed by atoms with Crippen molar-refractivity contribution in [1.29, 1.82) is 0 Å². The smallest absolute Gasteiger partial charge is 0.0460 e. The Morgan fingerprint density at radius 1 is 1.35 bits per heavy atom. The molecule has 1 heterocycles. The number of benzene rings is 1. The standard InChI is InChI=1S/C14H19BrN2/c1-9(2)7-16-8-13-10(3)17-14-5-4-11(15)6-12(13)14/h4-6,9,16-17H,7-8H2,1-3H3. The number of halogens is 1. The van der Waals surface area contributed by atoms with E-state index in [1.807, 2.05) is 0 Å². The molecule has 0 fully saturated rings. The van der Waals surface area contributed by atoms with Gasteiger partial charge in [0.15, 0.2) is 0 Å². The van der Waals surface area contributed by atoms with E-state index in [2.05, 4.69) is 65.2 Å². The fourth-order valence-corrected chi connectivity index (χ4v) is 2.43. The average molecular weight is 295 g/mol. The largest absolute Gasteiger partial charge is 0.358 e. The van der Waals surface area contributed by atoms with Gasteiger partial charge in [-0.15, -0.1) is 0 Å². The van der Waals surface area contributed by atoms with Crippen molar-refractivity contribution in [3.8, 4) is 0 Å². The molecule has 0 spiro atoms. The summed E-state index contributed by atoms with van der Waals surface area (Å²) in [6, 6.07) is 6.38. The van der Waals surface area contributed by atoms with E-state index in [1.54, 1.807) is 0 Å². The summed E-state index contributed by atoms with van der Waals surface area (Å²) in [5.74, 6) is 0.687. The van der Waals surface area contributed by atoms with Crippen LogP contribution in [-0.2, 0) is 6.54 Å². The van der Waals surface area contributed by atoms with Gasteiger partial charge in [-0.05, 0) is 43.1 Å². The highest BCUT2D eigenvalue weighted by Gasteiger charge is 2.08. The molecule has 0 aliphatic carbocycles. The molecule has 0 bridgehead atoms. The molecule has 0 atom stereocenters. The van der Waals surface area contributed by atoms with Crippen molar-refractivity contribution in [3.63, 3.8) is 0 Å². The Morgan fingerprint density at radius 3 is 2.82 bits per heavy atom. The first-order valence-electron chi connectivity index (χ1n) is 6.05. The molecular formula is C14H19BrN2. The summed E-state index contributed by atoms with van der Waals surface area (Å²) < 4.78 is 1.13. The topological polar surface area (TPSA) is 27.8 Å². The molecule has 1 aromatic carbocycles. The van der Waals surface area contributed by atoms with Crippen molar-refractivity contribution >= 4 is 26.8 Å². The maximum absolute atomic E-state index is 3.53. The Hall–Kier alpha value is -0.800. The van der Waals surface area contributed by atoms with Crippen LogP contribution in [0.1, 0.15) is 25.1 Å². The van der Waals surface area contributed by atoms with Crippen molar-refractivity contribution in [2.24, 2.45) is 5.92 Å². The van der Waals surface area contributed by atoms with Crippen LogP contribution in [0.25, 0.3) is 10.9 Å². The fourth-order valence-electron chi connectivity index (χ4n) is 2.07. The highest BCUT2D eigenvalue weighted by atomic mass is 79.9. The lowest BCUT2D eigenvalue weighted by atomic mass is 10.1. The highest BCUT2D eigenvalue weighted by molar-refractivity contribution is 9.10. The molecule has 3 heteroatoms. The van der Waals surface area contributed by atoms with Crippen molar-refractivity contribution in [2.75, 3.05) is 6.54 Å². The summed E-state index contributed by atoms with van der Waals surface area (Å²) in [5, 5.41) is 4.82. The second-order valence-electron chi connectivity index (χ2n) is 4.94. The van der Waals surface area contributed by atoms with Crippen molar-refractivity contribution < 1.29 is 0 Å². The number of hydrogen-bond donors (Lipinski definition) is 2. The van der Waals surface area contributed by atoms with Crippen LogP contribution < -0.4 is 5.32 Å². The van der Waals surface area contributed by atoms with Crippen LogP contribution in [0, 0.1) is 12.8 Å². The van der Waals surface area contributed by atoms with E-state index < -0.39 is 0 Å². The molecule has 17 heavy (non-hydrogen) atoms. The number of rotatable bonds is 4. The van der Waals surface area contributed by atoms with Gasteiger partial charge in [-0.1, -0.05) is 29.8 Å². The molecule has 0 aliphatic heterocycles. The summed E-state index contributed by atoms with van der Waals surface area (Å²) >= 11 is 3.53. The predicted molar refractivity (Wildman–Crippen MR) is 77.3 cm³/mol. The Bertz CT molecular complexity index is 514. The number of hydrogen-bond acceptors (Lipinski definition) is 1. The first-order valence-corrected chi connectivity index (χ1v) is 6.84. The Labute approximate surface area is 111 Å². The molecule has 0 saturated carbocycles. The second kappa shape index (κ2) is 5.23. The number of nitrogens with one attached hydrogen (secondary N) is 2. The minimum atomic E-state index is 0.687. The average Bonchev–Trinajstić information content (AvgIpc) is 2.55. The molecule has 0 unspecified atom stereocenters. The molecule has 0 saturated heterocycles. The maximum Gasteiger partial charge on any atom is 0.0460 e. The summed E-state index contributed by atoms with van der Waals surface area (Å²) in [6.07, 6.45) is 0. The quantitative estimate of drug-likeness (QED) is 0.877. The van der Waals surface area contributed by atoms with Crippen molar-refractivity contribution in [3.05, 3.63) is 33.9 Å². The first-order chi connectivity index (χ1) is 8.08. The molecule has 0 radical (unpaired) electrons. The lowest BCUT2D eigenvalue weighted by Crippen LogP contribution is -2.19. The molecule has 2 aromatic rings. The van der Waals surface area contributed by atoms with Crippen LogP contribution in [0.3, 0.4) is 0 Å². The monoisotopic (exact) mass is 294 g/mol. The van der Waals surface area contributed by atoms with E-state index in [9.17, 15) is 0 Å². The van der Waals surface area contributed by atoms with Gasteiger partial charge in [-0.3, -0.25) is 0 Å². The van der Waals surface area contributed by atoms with Crippen LogP contribution in [0.5, 0.6) is 0 Å². The van der Waals surface area contributed by atoms with Gasteiger partial charge in [-0.2, -0.15) is 0 Å². The van der Waals surface area contributed by atoms with Crippen LogP contribution in [0.4, 0.5) is 0 Å². The van der Waals surface area contributed by atoms with Gasteiger partial charge in [0.05, 0.1) is 0 Å². The Kier molecular flexibility index (Phi) is 3.89. The van der Waals surface area contributed by atoms with E-state index in [1.165, 1.54) is 22.2 Å². The summed E-state index contributed by atoms with van der Waals surface area (Å²) in [7, 11) is 0. The predicted octanol–water partition coefficient (Wildman–Crippen LogP) is 3.98. The number of fused-ring (bicyclic) bond motifs is 1. The Morgan fingerprint density at radius 2 is 2.12 bits per heavy atom. The number of H-pyrrole nitrogens is 1. The van der Waals surface area contributed by atoms with Gasteiger partial charge < -0.3 is 10.3 Å². The van der Waals surface area contributed by atoms with Crippen LogP contribution in [0.2, 0.25) is 0 Å². The normalized spacial score (nSPS) is 11.6. The lowest BCUT2D eigenvalue weighted by molar-refractivity contribution is 0.552. The lowest BCUT2D eigenvalue weighted by Gasteiger charge is -2.07. The SMILES string of the molecule is Cc1[nH]c2ccc(Br)cc2c1CNCC(C)C. The fraction of sp³-hybridized carbons (Fsp3) is 0.429. The van der Waals surface area contributed by atoms with Gasteiger partial charge >= 0.3 is 0 Å². The molecule has 0 aliphatic rings. The number of aromatic amines is 1. The third-order valence-corrected chi connectivity index (χ3v) is 3.43. The van der Waals surface area contributed by atoms with Gasteiger partial charge in [-0.25, -0.2) is 0 Å². The van der Waals surface area contributed by atoms with E-state index in [0.717, 1.165) is 17.6 Å². The third kappa shape index (κ3) is 2.90. The van der Waals surface area contributed by atoms with Crippen molar-refractivity contribution in [2.45, 2.75) is 27.3 Å². The molecule has 1 aromatic heterocycles. The summed E-state index contributed by atoms with van der Waals surface area (Å²) in [5.41, 5.74) is 3.85. The van der Waals surface area contributed by atoms with Gasteiger partial charge in [0.2, 0.25) is 0 Å². The number of aromatic nitrogens is 1. The van der Waals surface area contributed by atoms with Crippen LogP contribution in [-0.4, -0.2) is 11.5 Å². The highest BCUT2D eigenvalue weighted by Crippen LogP contribution is 2.25. The minimum Gasteiger partial charge on any atom is -0.358 e. The molecule has 2 rings (SSSR count).